The SMILES string of the molecule is Cc1c(Cl)cccc1NC(=O)C(=O)N/N=C/c1cn(-c2ccccc2)nc1-c1ccc(Br)cc1. The molecule has 4 aromatic rings. The van der Waals surface area contributed by atoms with E-state index >= 15 is 0 Å². The maximum atomic E-state index is 12.3. The van der Waals surface area contributed by atoms with Crippen LogP contribution in [0.25, 0.3) is 16.9 Å². The van der Waals surface area contributed by atoms with Crippen LogP contribution in [0.2, 0.25) is 5.02 Å². The number of nitrogens with one attached hydrogen (secondary N) is 2. The van der Waals surface area contributed by atoms with E-state index in [9.17, 15) is 9.59 Å². The van der Waals surface area contributed by atoms with Crippen LogP contribution in [0.5, 0.6) is 0 Å². The predicted octanol–water partition coefficient (Wildman–Crippen LogP) is 5.35. The first-order chi connectivity index (χ1) is 16.4. The molecule has 3 aromatic carbocycles. The molecule has 4 rings (SSSR count). The monoisotopic (exact) mass is 535 g/mol. The van der Waals surface area contributed by atoms with Gasteiger partial charge < -0.3 is 5.32 Å². The van der Waals surface area contributed by atoms with Crippen molar-refractivity contribution in [3.05, 3.63) is 99.6 Å². The van der Waals surface area contributed by atoms with E-state index in [1.807, 2.05) is 54.6 Å². The molecule has 1 heterocycles. The minimum absolute atomic E-state index is 0.457. The lowest BCUT2D eigenvalue weighted by Crippen LogP contribution is -2.32. The average molecular weight is 537 g/mol. The van der Waals surface area contributed by atoms with Crippen molar-refractivity contribution in [1.29, 1.82) is 0 Å². The topological polar surface area (TPSA) is 88.4 Å². The Labute approximate surface area is 209 Å². The second-order valence-electron chi connectivity index (χ2n) is 7.29. The van der Waals surface area contributed by atoms with E-state index in [0.717, 1.165) is 15.7 Å². The van der Waals surface area contributed by atoms with Crippen LogP contribution in [0.15, 0.2) is 88.6 Å². The van der Waals surface area contributed by atoms with Gasteiger partial charge in [-0.05, 0) is 48.9 Å². The minimum Gasteiger partial charge on any atom is -0.317 e. The van der Waals surface area contributed by atoms with Gasteiger partial charge in [0.15, 0.2) is 0 Å². The summed E-state index contributed by atoms with van der Waals surface area (Å²) >= 11 is 9.50. The highest BCUT2D eigenvalue weighted by molar-refractivity contribution is 9.10. The van der Waals surface area contributed by atoms with E-state index in [1.54, 1.807) is 36.0 Å². The van der Waals surface area contributed by atoms with Gasteiger partial charge in [-0.2, -0.15) is 10.2 Å². The van der Waals surface area contributed by atoms with Crippen molar-refractivity contribution in [3.8, 4) is 16.9 Å². The zero-order valence-corrected chi connectivity index (χ0v) is 20.3. The first-order valence-electron chi connectivity index (χ1n) is 10.2. The molecule has 2 amide bonds. The predicted molar refractivity (Wildman–Crippen MR) is 137 cm³/mol. The van der Waals surface area contributed by atoms with Crippen molar-refractivity contribution in [2.45, 2.75) is 6.92 Å². The molecule has 0 radical (unpaired) electrons. The zero-order valence-electron chi connectivity index (χ0n) is 18.0. The molecule has 0 aliphatic carbocycles. The average Bonchev–Trinajstić information content (AvgIpc) is 3.27. The van der Waals surface area contributed by atoms with Gasteiger partial charge >= 0.3 is 11.8 Å². The summed E-state index contributed by atoms with van der Waals surface area (Å²) in [5.41, 5.74) is 6.48. The van der Waals surface area contributed by atoms with Gasteiger partial charge in [0.2, 0.25) is 0 Å². The molecule has 0 saturated heterocycles. The van der Waals surface area contributed by atoms with E-state index < -0.39 is 11.8 Å². The summed E-state index contributed by atoms with van der Waals surface area (Å²) in [6, 6.07) is 22.4. The molecule has 0 fully saturated rings. The Kier molecular flexibility index (Phi) is 7.20. The highest BCUT2D eigenvalue weighted by Crippen LogP contribution is 2.25. The number of nitrogens with zero attached hydrogens (tertiary/aromatic N) is 3. The van der Waals surface area contributed by atoms with Crippen molar-refractivity contribution in [2.24, 2.45) is 5.10 Å². The second-order valence-corrected chi connectivity index (χ2v) is 8.61. The van der Waals surface area contributed by atoms with Gasteiger partial charge in [-0.3, -0.25) is 9.59 Å². The lowest BCUT2D eigenvalue weighted by Gasteiger charge is -2.08. The molecule has 0 atom stereocenters. The molecular weight excluding hydrogens is 518 g/mol. The molecule has 0 aliphatic rings. The fourth-order valence-corrected chi connectivity index (χ4v) is 3.60. The normalized spacial score (nSPS) is 10.9. The Morgan fingerprint density at radius 2 is 1.74 bits per heavy atom. The Bertz CT molecular complexity index is 1370. The molecule has 0 spiro atoms. The van der Waals surface area contributed by atoms with Gasteiger partial charge in [-0.25, -0.2) is 10.1 Å². The number of para-hydroxylation sites is 1. The van der Waals surface area contributed by atoms with Crippen molar-refractivity contribution in [1.82, 2.24) is 15.2 Å². The first-order valence-corrected chi connectivity index (χ1v) is 11.4. The number of carbonyl (C=O) groups is 2. The number of hydrogen-bond donors (Lipinski definition) is 2. The quantitative estimate of drug-likeness (QED) is 0.205. The van der Waals surface area contributed by atoms with Crippen LogP contribution >= 0.6 is 27.5 Å². The van der Waals surface area contributed by atoms with Crippen LogP contribution in [0.1, 0.15) is 11.1 Å². The van der Waals surface area contributed by atoms with Crippen molar-refractivity contribution in [2.75, 3.05) is 5.32 Å². The second kappa shape index (κ2) is 10.5. The highest BCUT2D eigenvalue weighted by Gasteiger charge is 2.15. The standard InChI is InChI=1S/C25H19BrClN5O2/c1-16-21(27)8-5-9-22(16)29-24(33)25(34)30-28-14-18-15-32(20-6-3-2-4-7-20)31-23(18)17-10-12-19(26)13-11-17/h2-15H,1H3,(H,29,33)(H,30,34)/b28-14+. The molecule has 0 aliphatic heterocycles. The molecule has 9 heteroatoms. The maximum absolute atomic E-state index is 12.3. The summed E-state index contributed by atoms with van der Waals surface area (Å²) in [5, 5.41) is 11.7. The van der Waals surface area contributed by atoms with E-state index in [4.69, 9.17) is 16.7 Å². The van der Waals surface area contributed by atoms with Gasteiger partial charge in [0, 0.05) is 32.5 Å². The number of halogens is 2. The lowest BCUT2D eigenvalue weighted by molar-refractivity contribution is -0.136. The number of hydrazone groups is 1. The van der Waals surface area contributed by atoms with Crippen LogP contribution in [0, 0.1) is 6.92 Å². The number of hydrogen-bond acceptors (Lipinski definition) is 4. The zero-order chi connectivity index (χ0) is 24.1. The van der Waals surface area contributed by atoms with Crippen LogP contribution in [0.3, 0.4) is 0 Å². The summed E-state index contributed by atoms with van der Waals surface area (Å²) in [4.78, 5) is 24.5. The third-order valence-corrected chi connectivity index (χ3v) is 5.91. The van der Waals surface area contributed by atoms with Crippen LogP contribution < -0.4 is 10.7 Å². The van der Waals surface area contributed by atoms with Crippen LogP contribution in [-0.4, -0.2) is 27.8 Å². The van der Waals surface area contributed by atoms with Crippen molar-refractivity contribution >= 4 is 51.2 Å². The molecule has 0 saturated carbocycles. The van der Waals surface area contributed by atoms with Gasteiger partial charge in [0.1, 0.15) is 5.69 Å². The molecule has 2 N–H and O–H groups in total. The Balaban J connectivity index is 1.54. The molecule has 1 aromatic heterocycles. The van der Waals surface area contributed by atoms with Gasteiger partial charge in [-0.15, -0.1) is 0 Å². The van der Waals surface area contributed by atoms with E-state index in [0.29, 0.717) is 27.5 Å². The molecule has 7 nitrogen and oxygen atoms in total. The summed E-state index contributed by atoms with van der Waals surface area (Å²) in [6.07, 6.45) is 3.26. The minimum atomic E-state index is -0.906. The van der Waals surface area contributed by atoms with Gasteiger partial charge in [0.25, 0.3) is 0 Å². The summed E-state index contributed by atoms with van der Waals surface area (Å²) in [5.74, 6) is -1.76. The summed E-state index contributed by atoms with van der Waals surface area (Å²) in [6.45, 7) is 1.75. The fraction of sp³-hybridized carbons (Fsp3) is 0.0400. The number of rotatable bonds is 5. The number of amides is 2. The molecule has 170 valence electrons. The largest absolute Gasteiger partial charge is 0.329 e. The van der Waals surface area contributed by atoms with E-state index in [1.165, 1.54) is 6.21 Å². The number of carbonyl (C=O) groups excluding carboxylic acids is 2. The maximum Gasteiger partial charge on any atom is 0.329 e. The molecule has 34 heavy (non-hydrogen) atoms. The first kappa shape index (κ1) is 23.4. The lowest BCUT2D eigenvalue weighted by atomic mass is 10.1. The molecule has 0 unspecified atom stereocenters. The van der Waals surface area contributed by atoms with Gasteiger partial charge in [0.05, 0.1) is 11.9 Å². The Hall–Kier alpha value is -3.75. The van der Waals surface area contributed by atoms with Crippen molar-refractivity contribution in [3.63, 3.8) is 0 Å². The fourth-order valence-electron chi connectivity index (χ4n) is 3.16. The third-order valence-electron chi connectivity index (χ3n) is 4.97. The highest BCUT2D eigenvalue weighted by atomic mass is 79.9. The third kappa shape index (κ3) is 5.41. The van der Waals surface area contributed by atoms with Crippen LogP contribution in [0.4, 0.5) is 5.69 Å². The Morgan fingerprint density at radius 3 is 2.47 bits per heavy atom. The van der Waals surface area contributed by atoms with E-state index in [-0.39, 0.29) is 0 Å². The molecular formula is C25H19BrClN5O2. The number of aromatic nitrogens is 2. The summed E-state index contributed by atoms with van der Waals surface area (Å²) < 4.78 is 2.68. The Morgan fingerprint density at radius 1 is 1.00 bits per heavy atom. The summed E-state index contributed by atoms with van der Waals surface area (Å²) in [7, 11) is 0. The van der Waals surface area contributed by atoms with E-state index in [2.05, 4.69) is 31.8 Å². The number of benzene rings is 3. The molecule has 0 bridgehead atoms. The van der Waals surface area contributed by atoms with Crippen LogP contribution in [-0.2, 0) is 9.59 Å². The van der Waals surface area contributed by atoms with Gasteiger partial charge in [-0.1, -0.05) is 63.9 Å². The smallest absolute Gasteiger partial charge is 0.317 e. The van der Waals surface area contributed by atoms with Crippen molar-refractivity contribution < 1.29 is 9.59 Å². The number of anilines is 1.